The maximum atomic E-state index is 11.5. The minimum absolute atomic E-state index is 0.272. The zero-order valence-electron chi connectivity index (χ0n) is 9.03. The number of unbranched alkanes of at least 4 members (excludes halogenated alkanes) is 2. The molecule has 0 radical (unpaired) electrons. The normalized spacial score (nSPS) is 9.93. The third kappa shape index (κ3) is 4.02. The number of ether oxygens (including phenoxy) is 1. The molecule has 0 aromatic heterocycles. The van der Waals surface area contributed by atoms with Crippen LogP contribution in [0.25, 0.3) is 0 Å². The molecule has 0 amide bonds. The molecule has 0 unspecified atom stereocenters. The molecule has 3 nitrogen and oxygen atoms in total. The molecule has 3 heteroatoms. The van der Waals surface area contributed by atoms with E-state index in [1.807, 2.05) is 0 Å². The van der Waals surface area contributed by atoms with Gasteiger partial charge in [0.2, 0.25) is 0 Å². The molecular weight excluding hydrogens is 190 g/mol. The molecule has 0 atom stereocenters. The first-order valence-electron chi connectivity index (χ1n) is 5.26. The van der Waals surface area contributed by atoms with Crippen LogP contribution in [-0.2, 0) is 4.74 Å². The van der Waals surface area contributed by atoms with Crippen LogP contribution in [0, 0.1) is 0 Å². The molecule has 0 bridgehead atoms. The van der Waals surface area contributed by atoms with Crippen molar-refractivity contribution in [3.63, 3.8) is 0 Å². The van der Waals surface area contributed by atoms with E-state index in [1.165, 1.54) is 0 Å². The number of carbonyl (C=O) groups is 1. The molecule has 2 N–H and O–H groups in total. The number of nitrogen functional groups attached to an aromatic ring is 1. The molecule has 0 fully saturated rings. The minimum atomic E-state index is -0.272. The summed E-state index contributed by atoms with van der Waals surface area (Å²) in [6, 6.07) is 6.75. The highest BCUT2D eigenvalue weighted by Crippen LogP contribution is 2.07. The van der Waals surface area contributed by atoms with Gasteiger partial charge in [0.25, 0.3) is 0 Å². The van der Waals surface area contributed by atoms with Crippen LogP contribution in [-0.4, -0.2) is 12.6 Å². The van der Waals surface area contributed by atoms with Gasteiger partial charge in [-0.15, -0.1) is 0 Å². The molecule has 0 spiro atoms. The van der Waals surface area contributed by atoms with Gasteiger partial charge in [0, 0.05) is 5.69 Å². The number of rotatable bonds is 5. The van der Waals surface area contributed by atoms with Crippen LogP contribution in [0.2, 0.25) is 0 Å². The lowest BCUT2D eigenvalue weighted by Gasteiger charge is -2.04. The Bertz CT molecular complexity index is 306. The summed E-state index contributed by atoms with van der Waals surface area (Å²) < 4.78 is 5.09. The molecule has 1 aromatic rings. The monoisotopic (exact) mass is 207 g/mol. The van der Waals surface area contributed by atoms with Crippen molar-refractivity contribution in [2.45, 2.75) is 26.2 Å². The van der Waals surface area contributed by atoms with Crippen LogP contribution in [0.5, 0.6) is 0 Å². The third-order valence-electron chi connectivity index (χ3n) is 2.13. The lowest BCUT2D eigenvalue weighted by Crippen LogP contribution is -2.06. The van der Waals surface area contributed by atoms with E-state index in [0.29, 0.717) is 17.9 Å². The molecule has 0 saturated heterocycles. The van der Waals surface area contributed by atoms with Crippen molar-refractivity contribution in [1.29, 1.82) is 0 Å². The number of nitrogens with two attached hydrogens (primary N) is 1. The maximum Gasteiger partial charge on any atom is 0.338 e. The van der Waals surface area contributed by atoms with Crippen molar-refractivity contribution in [3.05, 3.63) is 29.8 Å². The van der Waals surface area contributed by atoms with Gasteiger partial charge in [-0.3, -0.25) is 0 Å². The quantitative estimate of drug-likeness (QED) is 0.458. The van der Waals surface area contributed by atoms with Gasteiger partial charge in [0.1, 0.15) is 0 Å². The number of carbonyl (C=O) groups excluding carboxylic acids is 1. The third-order valence-corrected chi connectivity index (χ3v) is 2.13. The van der Waals surface area contributed by atoms with E-state index in [0.717, 1.165) is 19.3 Å². The van der Waals surface area contributed by atoms with Gasteiger partial charge in [-0.1, -0.05) is 19.8 Å². The van der Waals surface area contributed by atoms with Crippen molar-refractivity contribution in [2.75, 3.05) is 12.3 Å². The Morgan fingerprint density at radius 2 is 1.93 bits per heavy atom. The van der Waals surface area contributed by atoms with Crippen LogP contribution in [0.4, 0.5) is 5.69 Å². The first-order valence-corrected chi connectivity index (χ1v) is 5.26. The highest BCUT2D eigenvalue weighted by atomic mass is 16.5. The van der Waals surface area contributed by atoms with E-state index >= 15 is 0 Å². The van der Waals surface area contributed by atoms with Crippen molar-refractivity contribution in [3.8, 4) is 0 Å². The molecule has 0 aliphatic carbocycles. The average Bonchev–Trinajstić information content (AvgIpc) is 2.25. The van der Waals surface area contributed by atoms with Crippen LogP contribution in [0.1, 0.15) is 36.5 Å². The molecule has 1 rings (SSSR count). The Balaban J connectivity index is 2.37. The van der Waals surface area contributed by atoms with E-state index < -0.39 is 0 Å². The zero-order valence-corrected chi connectivity index (χ0v) is 9.03. The molecule has 1 aromatic carbocycles. The van der Waals surface area contributed by atoms with Crippen molar-refractivity contribution >= 4 is 11.7 Å². The molecule has 0 heterocycles. The highest BCUT2D eigenvalue weighted by Gasteiger charge is 2.05. The summed E-state index contributed by atoms with van der Waals surface area (Å²) in [5, 5.41) is 0. The Kier molecular flexibility index (Phi) is 4.68. The smallest absolute Gasteiger partial charge is 0.338 e. The SMILES string of the molecule is CCCCCOC(=O)c1ccc(N)cc1. The second-order valence-electron chi connectivity index (χ2n) is 3.47. The fraction of sp³-hybridized carbons (Fsp3) is 0.417. The lowest BCUT2D eigenvalue weighted by molar-refractivity contribution is 0.0498. The van der Waals surface area contributed by atoms with Gasteiger partial charge in [-0.2, -0.15) is 0 Å². The molecule has 0 saturated carbocycles. The summed E-state index contributed by atoms with van der Waals surface area (Å²) in [6.45, 7) is 2.61. The van der Waals surface area contributed by atoms with Gasteiger partial charge in [0.15, 0.2) is 0 Å². The van der Waals surface area contributed by atoms with E-state index in [1.54, 1.807) is 24.3 Å². The second-order valence-corrected chi connectivity index (χ2v) is 3.47. The summed E-state index contributed by atoms with van der Waals surface area (Å²) in [4.78, 5) is 11.5. The summed E-state index contributed by atoms with van der Waals surface area (Å²) >= 11 is 0. The molecule has 15 heavy (non-hydrogen) atoms. The zero-order chi connectivity index (χ0) is 11.1. The summed E-state index contributed by atoms with van der Waals surface area (Å²) in [5.74, 6) is -0.272. The van der Waals surface area contributed by atoms with E-state index in [9.17, 15) is 4.79 Å². The number of anilines is 1. The van der Waals surface area contributed by atoms with Crippen LogP contribution in [0.15, 0.2) is 24.3 Å². The predicted octanol–water partition coefficient (Wildman–Crippen LogP) is 2.62. The second kappa shape index (κ2) is 6.06. The van der Waals surface area contributed by atoms with E-state index in [-0.39, 0.29) is 5.97 Å². The predicted molar refractivity (Wildman–Crippen MR) is 60.7 cm³/mol. The fourth-order valence-electron chi connectivity index (χ4n) is 1.22. The number of hydrogen-bond donors (Lipinski definition) is 1. The Hall–Kier alpha value is -1.51. The Labute approximate surface area is 90.2 Å². The van der Waals surface area contributed by atoms with Crippen molar-refractivity contribution in [2.24, 2.45) is 0 Å². The van der Waals surface area contributed by atoms with Crippen LogP contribution in [0.3, 0.4) is 0 Å². The Morgan fingerprint density at radius 1 is 1.27 bits per heavy atom. The standard InChI is InChI=1S/C12H17NO2/c1-2-3-4-9-15-12(14)10-5-7-11(13)8-6-10/h5-8H,2-4,9,13H2,1H3. The average molecular weight is 207 g/mol. The van der Waals surface area contributed by atoms with Crippen molar-refractivity contribution in [1.82, 2.24) is 0 Å². The van der Waals surface area contributed by atoms with Crippen LogP contribution >= 0.6 is 0 Å². The first kappa shape index (κ1) is 11.6. The summed E-state index contributed by atoms with van der Waals surface area (Å²) in [7, 11) is 0. The summed E-state index contributed by atoms with van der Waals surface area (Å²) in [5.41, 5.74) is 6.72. The lowest BCUT2D eigenvalue weighted by atomic mass is 10.2. The van der Waals surface area contributed by atoms with E-state index in [2.05, 4.69) is 6.92 Å². The highest BCUT2D eigenvalue weighted by molar-refractivity contribution is 5.89. The summed E-state index contributed by atoms with van der Waals surface area (Å²) in [6.07, 6.45) is 3.14. The van der Waals surface area contributed by atoms with E-state index in [4.69, 9.17) is 10.5 Å². The first-order chi connectivity index (χ1) is 7.24. The van der Waals surface area contributed by atoms with Gasteiger partial charge >= 0.3 is 5.97 Å². The van der Waals surface area contributed by atoms with Gasteiger partial charge in [-0.05, 0) is 30.7 Å². The number of hydrogen-bond acceptors (Lipinski definition) is 3. The van der Waals surface area contributed by atoms with Crippen LogP contribution < -0.4 is 5.73 Å². The number of benzene rings is 1. The van der Waals surface area contributed by atoms with Crippen molar-refractivity contribution < 1.29 is 9.53 Å². The Morgan fingerprint density at radius 3 is 2.53 bits per heavy atom. The molecule has 0 aliphatic rings. The van der Waals surface area contributed by atoms with Gasteiger partial charge in [-0.25, -0.2) is 4.79 Å². The topological polar surface area (TPSA) is 52.3 Å². The minimum Gasteiger partial charge on any atom is -0.462 e. The fourth-order valence-corrected chi connectivity index (χ4v) is 1.22. The number of esters is 1. The largest absolute Gasteiger partial charge is 0.462 e. The molecule has 82 valence electrons. The molecule has 0 aliphatic heterocycles. The van der Waals surface area contributed by atoms with Gasteiger partial charge in [0.05, 0.1) is 12.2 Å². The van der Waals surface area contributed by atoms with Gasteiger partial charge < -0.3 is 10.5 Å². The maximum absolute atomic E-state index is 11.5. The molecular formula is C12H17NO2.